The molecule has 1 amide bonds. The number of H-pyrrole nitrogens is 1. The van der Waals surface area contributed by atoms with Crippen LogP contribution in [-0.2, 0) is 6.54 Å². The molecule has 3 heterocycles. The molecular formula is C21H22N6O2. The van der Waals surface area contributed by atoms with E-state index in [4.69, 9.17) is 4.52 Å². The summed E-state index contributed by atoms with van der Waals surface area (Å²) in [4.78, 5) is 12.8. The van der Waals surface area contributed by atoms with Crippen LogP contribution in [0.1, 0.15) is 34.4 Å². The van der Waals surface area contributed by atoms with Gasteiger partial charge in [0.25, 0.3) is 5.91 Å². The Kier molecular flexibility index (Phi) is 4.75. The number of aromatic nitrogens is 5. The van der Waals surface area contributed by atoms with Crippen LogP contribution in [0.3, 0.4) is 0 Å². The topological polar surface area (TPSA) is 102 Å². The van der Waals surface area contributed by atoms with Crippen molar-refractivity contribution in [3.63, 3.8) is 0 Å². The largest absolute Gasteiger partial charge is 0.350 e. The van der Waals surface area contributed by atoms with Gasteiger partial charge in [0.05, 0.1) is 17.6 Å². The van der Waals surface area contributed by atoms with Gasteiger partial charge in [-0.3, -0.25) is 14.6 Å². The third-order valence-electron chi connectivity index (χ3n) is 4.82. The van der Waals surface area contributed by atoms with Gasteiger partial charge in [-0.1, -0.05) is 16.8 Å². The third-order valence-corrected chi connectivity index (χ3v) is 4.82. The van der Waals surface area contributed by atoms with Crippen molar-refractivity contribution in [3.05, 3.63) is 59.2 Å². The first-order valence-electron chi connectivity index (χ1n) is 9.40. The molecule has 8 nitrogen and oxygen atoms in total. The van der Waals surface area contributed by atoms with E-state index in [1.165, 1.54) is 0 Å². The number of carbonyl (C=O) groups excluding carboxylic acids is 1. The zero-order chi connectivity index (χ0) is 20.5. The molecule has 0 bridgehead atoms. The maximum Gasteiger partial charge on any atom is 0.294 e. The van der Waals surface area contributed by atoms with Crippen molar-refractivity contribution in [1.29, 1.82) is 0 Å². The van der Waals surface area contributed by atoms with Gasteiger partial charge in [-0.25, -0.2) is 0 Å². The molecule has 0 unspecified atom stereocenters. The van der Waals surface area contributed by atoms with E-state index >= 15 is 0 Å². The van der Waals surface area contributed by atoms with Crippen molar-refractivity contribution in [2.24, 2.45) is 0 Å². The Morgan fingerprint density at radius 1 is 1.14 bits per heavy atom. The first kappa shape index (κ1) is 18.7. The molecule has 3 aromatic heterocycles. The van der Waals surface area contributed by atoms with Crippen LogP contribution >= 0.6 is 0 Å². The number of hydrogen-bond donors (Lipinski definition) is 2. The van der Waals surface area contributed by atoms with Crippen molar-refractivity contribution in [2.75, 3.05) is 5.32 Å². The molecular weight excluding hydrogens is 368 g/mol. The average molecular weight is 390 g/mol. The molecule has 4 aromatic rings. The highest BCUT2D eigenvalue weighted by Crippen LogP contribution is 2.29. The summed E-state index contributed by atoms with van der Waals surface area (Å²) in [5.41, 5.74) is 6.68. The number of carbonyl (C=O) groups is 1. The van der Waals surface area contributed by atoms with Gasteiger partial charge in [-0.05, 0) is 45.9 Å². The van der Waals surface area contributed by atoms with Gasteiger partial charge in [0, 0.05) is 35.1 Å². The maximum atomic E-state index is 12.8. The van der Waals surface area contributed by atoms with E-state index in [1.54, 1.807) is 12.3 Å². The Balaban J connectivity index is 1.61. The van der Waals surface area contributed by atoms with Crippen molar-refractivity contribution < 1.29 is 9.32 Å². The lowest BCUT2D eigenvalue weighted by molar-refractivity contribution is 0.0988. The summed E-state index contributed by atoms with van der Waals surface area (Å²) in [5, 5.41) is 18.5. The van der Waals surface area contributed by atoms with E-state index in [1.807, 2.05) is 56.6 Å². The van der Waals surface area contributed by atoms with Crippen LogP contribution in [-0.4, -0.2) is 31.0 Å². The number of benzene rings is 1. The standard InChI is InChI=1S/C21H22N6O2/c1-5-27-14(4)16(11-22-27)19-10-20(29-26-19)21(28)23-17-7-6-12(2)8-15(17)18-9-13(3)24-25-18/h6-11H,5H2,1-4H3,(H,23,28)(H,24,25). The van der Waals surface area contributed by atoms with Crippen LogP contribution in [0.5, 0.6) is 0 Å². The normalized spacial score (nSPS) is 11.0. The number of aromatic amines is 1. The Morgan fingerprint density at radius 2 is 1.97 bits per heavy atom. The van der Waals surface area contributed by atoms with Crippen LogP contribution < -0.4 is 5.32 Å². The Morgan fingerprint density at radius 3 is 2.66 bits per heavy atom. The fourth-order valence-corrected chi connectivity index (χ4v) is 3.24. The molecule has 1 aromatic carbocycles. The van der Waals surface area contributed by atoms with Crippen LogP contribution in [0.4, 0.5) is 5.69 Å². The smallest absolute Gasteiger partial charge is 0.294 e. The number of aryl methyl sites for hydroxylation is 3. The fourth-order valence-electron chi connectivity index (χ4n) is 3.24. The molecule has 0 saturated heterocycles. The zero-order valence-corrected chi connectivity index (χ0v) is 16.8. The van der Waals surface area contributed by atoms with Crippen molar-refractivity contribution in [1.82, 2.24) is 25.1 Å². The van der Waals surface area contributed by atoms with Crippen LogP contribution in [0.25, 0.3) is 22.5 Å². The number of anilines is 1. The van der Waals surface area contributed by atoms with Crippen LogP contribution in [0.15, 0.2) is 41.1 Å². The highest BCUT2D eigenvalue weighted by molar-refractivity contribution is 6.04. The van der Waals surface area contributed by atoms with Gasteiger partial charge in [0.1, 0.15) is 5.69 Å². The molecule has 8 heteroatoms. The second-order valence-corrected chi connectivity index (χ2v) is 6.98. The van der Waals surface area contributed by atoms with Gasteiger partial charge in [-0.15, -0.1) is 0 Å². The Hall–Kier alpha value is -3.68. The number of amides is 1. The first-order chi connectivity index (χ1) is 14.0. The molecule has 0 aliphatic heterocycles. The van der Waals surface area contributed by atoms with E-state index in [0.717, 1.165) is 40.3 Å². The molecule has 0 aliphatic rings. The summed E-state index contributed by atoms with van der Waals surface area (Å²) in [7, 11) is 0. The first-order valence-corrected chi connectivity index (χ1v) is 9.40. The second kappa shape index (κ2) is 7.38. The molecule has 0 atom stereocenters. The highest BCUT2D eigenvalue weighted by atomic mass is 16.5. The molecule has 148 valence electrons. The number of nitrogens with zero attached hydrogens (tertiary/aromatic N) is 4. The lowest BCUT2D eigenvalue weighted by Crippen LogP contribution is -2.12. The predicted octanol–water partition coefficient (Wildman–Crippen LogP) is 4.13. The molecule has 29 heavy (non-hydrogen) atoms. The maximum absolute atomic E-state index is 12.8. The molecule has 0 aliphatic carbocycles. The summed E-state index contributed by atoms with van der Waals surface area (Å²) in [5.74, 6) is -0.241. The highest BCUT2D eigenvalue weighted by Gasteiger charge is 2.19. The minimum absolute atomic E-state index is 0.133. The minimum atomic E-state index is -0.373. The summed E-state index contributed by atoms with van der Waals surface area (Å²) in [6, 6.07) is 9.35. The number of rotatable bonds is 5. The fraction of sp³-hybridized carbons (Fsp3) is 0.238. The number of nitrogens with one attached hydrogen (secondary N) is 2. The van der Waals surface area contributed by atoms with E-state index < -0.39 is 0 Å². The summed E-state index contributed by atoms with van der Waals surface area (Å²) >= 11 is 0. The average Bonchev–Trinajstić information content (AvgIpc) is 3.42. The molecule has 0 spiro atoms. The molecule has 0 fully saturated rings. The SMILES string of the molecule is CCn1ncc(-c2cc(C(=O)Nc3ccc(C)cc3-c3cc(C)[nH]n3)on2)c1C. The molecule has 2 N–H and O–H groups in total. The predicted molar refractivity (Wildman–Crippen MR) is 110 cm³/mol. The summed E-state index contributed by atoms with van der Waals surface area (Å²) < 4.78 is 7.17. The van der Waals surface area contributed by atoms with Crippen molar-refractivity contribution in [2.45, 2.75) is 34.2 Å². The van der Waals surface area contributed by atoms with E-state index in [2.05, 4.69) is 25.8 Å². The lowest BCUT2D eigenvalue weighted by Gasteiger charge is -2.09. The van der Waals surface area contributed by atoms with Gasteiger partial charge >= 0.3 is 0 Å². The van der Waals surface area contributed by atoms with E-state index in [-0.39, 0.29) is 11.7 Å². The lowest BCUT2D eigenvalue weighted by atomic mass is 10.1. The third kappa shape index (κ3) is 3.56. The van der Waals surface area contributed by atoms with Gasteiger partial charge < -0.3 is 9.84 Å². The molecule has 0 radical (unpaired) electrons. The zero-order valence-electron chi connectivity index (χ0n) is 16.8. The van der Waals surface area contributed by atoms with Gasteiger partial charge in [0.2, 0.25) is 5.76 Å². The van der Waals surface area contributed by atoms with Crippen molar-refractivity contribution in [3.8, 4) is 22.5 Å². The minimum Gasteiger partial charge on any atom is -0.350 e. The summed E-state index contributed by atoms with van der Waals surface area (Å²) in [6.45, 7) is 8.68. The van der Waals surface area contributed by atoms with Crippen LogP contribution in [0, 0.1) is 20.8 Å². The molecule has 0 saturated carbocycles. The quantitative estimate of drug-likeness (QED) is 0.534. The summed E-state index contributed by atoms with van der Waals surface area (Å²) in [6.07, 6.45) is 1.73. The van der Waals surface area contributed by atoms with Crippen LogP contribution in [0.2, 0.25) is 0 Å². The van der Waals surface area contributed by atoms with E-state index in [9.17, 15) is 4.79 Å². The van der Waals surface area contributed by atoms with E-state index in [0.29, 0.717) is 11.4 Å². The van der Waals surface area contributed by atoms with Crippen molar-refractivity contribution >= 4 is 11.6 Å². The molecule has 4 rings (SSSR count). The number of hydrogen-bond acceptors (Lipinski definition) is 5. The second-order valence-electron chi connectivity index (χ2n) is 6.98. The Labute approximate surface area is 167 Å². The van der Waals surface area contributed by atoms with Gasteiger partial charge in [0.15, 0.2) is 0 Å². The monoisotopic (exact) mass is 390 g/mol. The Bertz CT molecular complexity index is 1180. The van der Waals surface area contributed by atoms with Gasteiger partial charge in [-0.2, -0.15) is 10.2 Å².